The van der Waals surface area contributed by atoms with Crippen LogP contribution < -0.4 is 5.73 Å². The number of nitrogens with two attached hydrogens (primary N) is 1. The molecule has 0 aliphatic rings. The van der Waals surface area contributed by atoms with Gasteiger partial charge in [0.25, 0.3) is 0 Å². The fraction of sp³-hybridized carbons (Fsp3) is 0.357. The summed E-state index contributed by atoms with van der Waals surface area (Å²) in [4.78, 5) is 13.3. The summed E-state index contributed by atoms with van der Waals surface area (Å²) in [5.74, 6) is 1.07. The molecule has 2 heterocycles. The predicted molar refractivity (Wildman–Crippen MR) is 73.1 cm³/mol. The fourth-order valence-corrected chi connectivity index (χ4v) is 1.63. The van der Waals surface area contributed by atoms with Crippen LogP contribution in [0, 0.1) is 6.92 Å². The van der Waals surface area contributed by atoms with E-state index in [1.165, 1.54) is 0 Å². The van der Waals surface area contributed by atoms with Gasteiger partial charge in [-0.25, -0.2) is 15.0 Å². The summed E-state index contributed by atoms with van der Waals surface area (Å²) in [6, 6.07) is 7.61. The van der Waals surface area contributed by atoms with Crippen molar-refractivity contribution in [3.8, 4) is 11.5 Å². The van der Waals surface area contributed by atoms with E-state index in [1.54, 1.807) is 0 Å². The minimum absolute atomic E-state index is 0.0599. The Morgan fingerprint density at radius 3 is 2.39 bits per heavy atom. The Kier molecular flexibility index (Phi) is 3.03. The third kappa shape index (κ3) is 2.64. The number of aryl methyl sites for hydroxylation is 1. The number of hydrogen-bond acceptors (Lipinski definition) is 4. The van der Waals surface area contributed by atoms with Gasteiger partial charge in [0.2, 0.25) is 0 Å². The molecule has 0 bridgehead atoms. The average Bonchev–Trinajstić information content (AvgIpc) is 2.27. The summed E-state index contributed by atoms with van der Waals surface area (Å²) < 4.78 is 0. The molecule has 0 spiro atoms. The minimum atomic E-state index is -0.0599. The van der Waals surface area contributed by atoms with Crippen LogP contribution in [0.4, 0.5) is 5.82 Å². The molecule has 18 heavy (non-hydrogen) atoms. The lowest BCUT2D eigenvalue weighted by molar-refractivity contribution is 0.568. The molecule has 0 aliphatic carbocycles. The molecule has 2 aromatic heterocycles. The molecule has 4 nitrogen and oxygen atoms in total. The highest BCUT2D eigenvalue weighted by molar-refractivity contribution is 5.52. The fourth-order valence-electron chi connectivity index (χ4n) is 1.63. The van der Waals surface area contributed by atoms with Crippen molar-refractivity contribution in [3.05, 3.63) is 35.7 Å². The van der Waals surface area contributed by atoms with Crippen LogP contribution in [0.3, 0.4) is 0 Å². The van der Waals surface area contributed by atoms with Crippen molar-refractivity contribution in [2.24, 2.45) is 0 Å². The SMILES string of the molecule is Cc1cccc(-c2nc(N)cc(C(C)(C)C)n2)n1. The quantitative estimate of drug-likeness (QED) is 0.835. The number of anilines is 1. The minimum Gasteiger partial charge on any atom is -0.384 e. The molecule has 0 fully saturated rings. The van der Waals surface area contributed by atoms with Gasteiger partial charge in [-0.1, -0.05) is 26.8 Å². The van der Waals surface area contributed by atoms with Crippen molar-refractivity contribution < 1.29 is 0 Å². The maximum absolute atomic E-state index is 5.85. The van der Waals surface area contributed by atoms with E-state index < -0.39 is 0 Å². The molecule has 2 aromatic rings. The van der Waals surface area contributed by atoms with E-state index in [1.807, 2.05) is 31.2 Å². The number of aromatic nitrogens is 3. The molecular weight excluding hydrogens is 224 g/mol. The van der Waals surface area contributed by atoms with E-state index in [-0.39, 0.29) is 5.41 Å². The highest BCUT2D eigenvalue weighted by atomic mass is 15.0. The van der Waals surface area contributed by atoms with Gasteiger partial charge in [0.05, 0.1) is 5.69 Å². The van der Waals surface area contributed by atoms with E-state index in [0.717, 1.165) is 17.1 Å². The standard InChI is InChI=1S/C14H18N4/c1-9-6-5-7-10(16-9)13-17-11(14(2,3)4)8-12(15)18-13/h5-8H,1-4H3,(H2,15,17,18). The Bertz CT molecular complexity index is 570. The second kappa shape index (κ2) is 4.37. The number of pyridine rings is 1. The second-order valence-corrected chi connectivity index (χ2v) is 5.42. The largest absolute Gasteiger partial charge is 0.384 e. The smallest absolute Gasteiger partial charge is 0.180 e. The van der Waals surface area contributed by atoms with Gasteiger partial charge in [-0.2, -0.15) is 0 Å². The van der Waals surface area contributed by atoms with E-state index >= 15 is 0 Å². The van der Waals surface area contributed by atoms with Gasteiger partial charge >= 0.3 is 0 Å². The van der Waals surface area contributed by atoms with E-state index in [0.29, 0.717) is 11.6 Å². The molecule has 0 amide bonds. The zero-order valence-electron chi connectivity index (χ0n) is 11.2. The molecule has 4 heteroatoms. The van der Waals surface area contributed by atoms with E-state index in [2.05, 4.69) is 35.7 Å². The third-order valence-corrected chi connectivity index (χ3v) is 2.63. The van der Waals surface area contributed by atoms with Crippen molar-refractivity contribution in [2.45, 2.75) is 33.1 Å². The van der Waals surface area contributed by atoms with Gasteiger partial charge in [0, 0.05) is 17.2 Å². The molecule has 0 saturated heterocycles. The summed E-state index contributed by atoms with van der Waals surface area (Å²) in [6.45, 7) is 8.24. The lowest BCUT2D eigenvalue weighted by Gasteiger charge is -2.18. The Balaban J connectivity index is 2.55. The Hall–Kier alpha value is -1.97. The lowest BCUT2D eigenvalue weighted by Crippen LogP contribution is -2.15. The Morgan fingerprint density at radius 1 is 1.06 bits per heavy atom. The second-order valence-electron chi connectivity index (χ2n) is 5.42. The predicted octanol–water partition coefficient (Wildman–Crippen LogP) is 2.73. The van der Waals surface area contributed by atoms with E-state index in [9.17, 15) is 0 Å². The van der Waals surface area contributed by atoms with Gasteiger partial charge in [0.1, 0.15) is 11.5 Å². The number of nitrogens with zero attached hydrogens (tertiary/aromatic N) is 3. The van der Waals surface area contributed by atoms with Crippen LogP contribution in [0.25, 0.3) is 11.5 Å². The van der Waals surface area contributed by atoms with Gasteiger partial charge in [0.15, 0.2) is 5.82 Å². The number of rotatable bonds is 1. The normalized spacial score (nSPS) is 11.6. The van der Waals surface area contributed by atoms with Crippen LogP contribution in [0.1, 0.15) is 32.2 Å². The van der Waals surface area contributed by atoms with Crippen LogP contribution in [0.15, 0.2) is 24.3 Å². The molecular formula is C14H18N4. The Labute approximate surface area is 107 Å². The van der Waals surface area contributed by atoms with Crippen molar-refractivity contribution in [2.75, 3.05) is 5.73 Å². The molecule has 0 saturated carbocycles. The zero-order valence-corrected chi connectivity index (χ0v) is 11.2. The maximum atomic E-state index is 5.85. The van der Waals surface area contributed by atoms with Crippen LogP contribution in [-0.2, 0) is 5.41 Å². The number of nitrogen functional groups attached to an aromatic ring is 1. The van der Waals surface area contributed by atoms with Crippen LogP contribution in [-0.4, -0.2) is 15.0 Å². The van der Waals surface area contributed by atoms with Crippen LogP contribution in [0.2, 0.25) is 0 Å². The van der Waals surface area contributed by atoms with Gasteiger partial charge < -0.3 is 5.73 Å². The summed E-state index contributed by atoms with van der Waals surface area (Å²) >= 11 is 0. The summed E-state index contributed by atoms with van der Waals surface area (Å²) in [7, 11) is 0. The zero-order chi connectivity index (χ0) is 13.3. The molecule has 0 aromatic carbocycles. The topological polar surface area (TPSA) is 64.7 Å². The average molecular weight is 242 g/mol. The monoisotopic (exact) mass is 242 g/mol. The van der Waals surface area contributed by atoms with Crippen molar-refractivity contribution >= 4 is 5.82 Å². The summed E-state index contributed by atoms with van der Waals surface area (Å²) in [6.07, 6.45) is 0. The highest BCUT2D eigenvalue weighted by Crippen LogP contribution is 2.24. The van der Waals surface area contributed by atoms with Gasteiger partial charge in [-0.05, 0) is 19.1 Å². The summed E-state index contributed by atoms with van der Waals surface area (Å²) in [5.41, 5.74) is 8.41. The Morgan fingerprint density at radius 2 is 1.78 bits per heavy atom. The van der Waals surface area contributed by atoms with Crippen molar-refractivity contribution in [1.82, 2.24) is 15.0 Å². The molecule has 0 atom stereocenters. The van der Waals surface area contributed by atoms with E-state index in [4.69, 9.17) is 5.73 Å². The third-order valence-electron chi connectivity index (χ3n) is 2.63. The van der Waals surface area contributed by atoms with Gasteiger partial charge in [-0.3, -0.25) is 0 Å². The van der Waals surface area contributed by atoms with Crippen molar-refractivity contribution in [1.29, 1.82) is 0 Å². The van der Waals surface area contributed by atoms with Crippen LogP contribution >= 0.6 is 0 Å². The molecule has 2 rings (SSSR count). The molecule has 0 radical (unpaired) electrons. The van der Waals surface area contributed by atoms with Crippen LogP contribution in [0.5, 0.6) is 0 Å². The molecule has 0 unspecified atom stereocenters. The first-order chi connectivity index (χ1) is 8.36. The maximum Gasteiger partial charge on any atom is 0.180 e. The molecule has 0 aliphatic heterocycles. The molecule has 2 N–H and O–H groups in total. The first kappa shape index (κ1) is 12.5. The highest BCUT2D eigenvalue weighted by Gasteiger charge is 2.18. The molecule has 94 valence electrons. The van der Waals surface area contributed by atoms with Gasteiger partial charge in [-0.15, -0.1) is 0 Å². The lowest BCUT2D eigenvalue weighted by atomic mass is 9.92. The first-order valence-electron chi connectivity index (χ1n) is 5.95. The van der Waals surface area contributed by atoms with Crippen molar-refractivity contribution in [3.63, 3.8) is 0 Å². The first-order valence-corrected chi connectivity index (χ1v) is 5.95. The number of hydrogen-bond donors (Lipinski definition) is 1. The summed E-state index contributed by atoms with van der Waals surface area (Å²) in [5, 5.41) is 0.